The molecule has 6 nitrogen and oxygen atoms in total. The molecule has 27 heavy (non-hydrogen) atoms. The maximum atomic E-state index is 13.2. The third kappa shape index (κ3) is 2.35. The van der Waals surface area contributed by atoms with Crippen LogP contribution in [0.4, 0.5) is 11.4 Å². The lowest BCUT2D eigenvalue weighted by molar-refractivity contribution is -0.123. The number of carbonyl (C=O) groups excluding carboxylic acids is 2. The molecule has 2 bridgehead atoms. The predicted molar refractivity (Wildman–Crippen MR) is 99.7 cm³/mol. The molecule has 1 N–H and O–H groups in total. The van der Waals surface area contributed by atoms with Crippen molar-refractivity contribution in [3.63, 3.8) is 0 Å². The van der Waals surface area contributed by atoms with E-state index in [1.165, 1.54) is 17.4 Å². The van der Waals surface area contributed by atoms with Crippen LogP contribution in [-0.2, 0) is 9.59 Å². The Kier molecular flexibility index (Phi) is 3.64. The van der Waals surface area contributed by atoms with Gasteiger partial charge >= 0.3 is 5.97 Å². The van der Waals surface area contributed by atoms with Crippen LogP contribution < -0.4 is 9.80 Å². The fraction of sp³-hybridized carbons (Fsp3) is 0.476. The minimum absolute atomic E-state index is 0.101. The van der Waals surface area contributed by atoms with E-state index in [1.807, 2.05) is 0 Å². The van der Waals surface area contributed by atoms with Gasteiger partial charge in [0.25, 0.3) is 0 Å². The van der Waals surface area contributed by atoms with Crippen LogP contribution in [0, 0.1) is 23.7 Å². The molecular formula is C21H22N2O4. The van der Waals surface area contributed by atoms with E-state index in [9.17, 15) is 19.5 Å². The van der Waals surface area contributed by atoms with E-state index in [2.05, 4.69) is 17.1 Å². The van der Waals surface area contributed by atoms with Crippen molar-refractivity contribution in [1.82, 2.24) is 0 Å². The molecule has 1 aromatic rings. The molecule has 2 amide bonds. The molecule has 5 rings (SSSR count). The highest BCUT2D eigenvalue weighted by molar-refractivity contribution is 6.24. The Hall–Kier alpha value is -2.63. The van der Waals surface area contributed by atoms with Gasteiger partial charge in [-0.1, -0.05) is 12.2 Å². The zero-order valence-corrected chi connectivity index (χ0v) is 15.0. The maximum Gasteiger partial charge on any atom is 0.335 e. The number of carbonyl (C=O) groups is 3. The normalized spacial score (nSPS) is 31.7. The van der Waals surface area contributed by atoms with Gasteiger partial charge < -0.3 is 10.0 Å². The van der Waals surface area contributed by atoms with Crippen molar-refractivity contribution in [2.45, 2.75) is 25.7 Å². The SMILES string of the molecule is O=C(O)c1ccc(N2CCCCC2)c(N2C(=O)[C@H]3[C@H](C2=O)[C@H]2C=C[C@H]3C2)c1. The number of aromatic carboxylic acids is 1. The second kappa shape index (κ2) is 5.94. The van der Waals surface area contributed by atoms with Gasteiger partial charge in [-0.15, -0.1) is 0 Å². The van der Waals surface area contributed by atoms with Crippen LogP contribution in [0.15, 0.2) is 30.4 Å². The molecule has 0 spiro atoms. The Morgan fingerprint density at radius 2 is 1.56 bits per heavy atom. The smallest absolute Gasteiger partial charge is 0.335 e. The number of nitrogens with zero attached hydrogens (tertiary/aromatic N) is 2. The summed E-state index contributed by atoms with van der Waals surface area (Å²) in [5.74, 6) is -1.66. The zero-order valence-electron chi connectivity index (χ0n) is 15.0. The summed E-state index contributed by atoms with van der Waals surface area (Å²) < 4.78 is 0. The molecule has 0 unspecified atom stereocenters. The number of benzene rings is 1. The lowest BCUT2D eigenvalue weighted by atomic mass is 9.85. The summed E-state index contributed by atoms with van der Waals surface area (Å²) in [5, 5.41) is 9.43. The lowest BCUT2D eigenvalue weighted by Gasteiger charge is -2.32. The fourth-order valence-electron chi connectivity index (χ4n) is 5.38. The molecule has 0 aromatic heterocycles. The first kappa shape index (κ1) is 16.5. The number of carboxylic acid groups (broad SMARTS) is 1. The average molecular weight is 366 g/mol. The molecule has 3 fully saturated rings. The molecule has 1 aromatic carbocycles. The van der Waals surface area contributed by atoms with E-state index in [-0.39, 0.29) is 41.0 Å². The first-order chi connectivity index (χ1) is 13.1. The number of rotatable bonds is 3. The van der Waals surface area contributed by atoms with E-state index >= 15 is 0 Å². The number of imide groups is 1. The predicted octanol–water partition coefficient (Wildman–Crippen LogP) is 2.69. The second-order valence-electron chi connectivity index (χ2n) is 8.07. The second-order valence-corrected chi connectivity index (χ2v) is 8.07. The summed E-state index contributed by atoms with van der Waals surface area (Å²) in [6, 6.07) is 4.82. The van der Waals surface area contributed by atoms with Crippen LogP contribution >= 0.6 is 0 Å². The molecule has 0 radical (unpaired) electrons. The number of amides is 2. The van der Waals surface area contributed by atoms with Gasteiger partial charge in [0.15, 0.2) is 0 Å². The van der Waals surface area contributed by atoms with Crippen LogP contribution in [0.3, 0.4) is 0 Å². The maximum absolute atomic E-state index is 13.2. The molecule has 1 saturated carbocycles. The van der Waals surface area contributed by atoms with Crippen LogP contribution in [0.25, 0.3) is 0 Å². The molecule has 2 heterocycles. The van der Waals surface area contributed by atoms with Gasteiger partial charge in [-0.3, -0.25) is 9.59 Å². The topological polar surface area (TPSA) is 77.9 Å². The highest BCUT2D eigenvalue weighted by Crippen LogP contribution is 2.54. The fourth-order valence-corrected chi connectivity index (χ4v) is 5.38. The highest BCUT2D eigenvalue weighted by atomic mass is 16.4. The third-order valence-electron chi connectivity index (χ3n) is 6.63. The van der Waals surface area contributed by atoms with Crippen LogP contribution in [-0.4, -0.2) is 36.0 Å². The van der Waals surface area contributed by atoms with E-state index in [0.717, 1.165) is 38.0 Å². The van der Waals surface area contributed by atoms with E-state index in [1.54, 1.807) is 12.1 Å². The van der Waals surface area contributed by atoms with Gasteiger partial charge in [0.2, 0.25) is 11.8 Å². The van der Waals surface area contributed by atoms with Crippen molar-refractivity contribution >= 4 is 29.2 Å². The van der Waals surface area contributed by atoms with Gasteiger partial charge in [0, 0.05) is 13.1 Å². The van der Waals surface area contributed by atoms with E-state index in [4.69, 9.17) is 0 Å². The summed E-state index contributed by atoms with van der Waals surface area (Å²) in [6.07, 6.45) is 8.30. The molecule has 6 heteroatoms. The molecule has 4 atom stereocenters. The van der Waals surface area contributed by atoms with Crippen molar-refractivity contribution in [1.29, 1.82) is 0 Å². The van der Waals surface area contributed by atoms with Gasteiger partial charge in [-0.05, 0) is 55.7 Å². The Morgan fingerprint density at radius 1 is 0.926 bits per heavy atom. The molecular weight excluding hydrogens is 344 g/mol. The minimum Gasteiger partial charge on any atom is -0.478 e. The molecule has 140 valence electrons. The Labute approximate surface area is 157 Å². The van der Waals surface area contributed by atoms with Gasteiger partial charge in [0.05, 0.1) is 28.8 Å². The number of hydrogen-bond acceptors (Lipinski definition) is 4. The molecule has 2 aliphatic carbocycles. The van der Waals surface area contributed by atoms with E-state index in [0.29, 0.717) is 5.69 Å². The lowest BCUT2D eigenvalue weighted by Crippen LogP contribution is -2.36. The summed E-state index contributed by atoms with van der Waals surface area (Å²) in [6.45, 7) is 1.71. The van der Waals surface area contributed by atoms with Crippen LogP contribution in [0.2, 0.25) is 0 Å². The molecule has 2 aliphatic heterocycles. The number of piperidine rings is 1. The largest absolute Gasteiger partial charge is 0.478 e. The number of fused-ring (bicyclic) bond motifs is 5. The highest BCUT2D eigenvalue weighted by Gasteiger charge is 2.60. The monoisotopic (exact) mass is 366 g/mol. The van der Waals surface area contributed by atoms with Crippen molar-refractivity contribution < 1.29 is 19.5 Å². The summed E-state index contributed by atoms with van der Waals surface area (Å²) in [4.78, 5) is 41.4. The first-order valence-electron chi connectivity index (χ1n) is 9.74. The number of anilines is 2. The van der Waals surface area contributed by atoms with Gasteiger partial charge in [0.1, 0.15) is 0 Å². The van der Waals surface area contributed by atoms with Crippen molar-refractivity contribution in [2.75, 3.05) is 22.9 Å². The Balaban J connectivity index is 1.59. The zero-order chi connectivity index (χ0) is 18.7. The van der Waals surface area contributed by atoms with Gasteiger partial charge in [-0.2, -0.15) is 0 Å². The number of allylic oxidation sites excluding steroid dienone is 2. The van der Waals surface area contributed by atoms with Crippen LogP contribution in [0.5, 0.6) is 0 Å². The molecule has 4 aliphatic rings. The summed E-state index contributed by atoms with van der Waals surface area (Å²) >= 11 is 0. The van der Waals surface area contributed by atoms with Crippen molar-refractivity contribution in [2.24, 2.45) is 23.7 Å². The third-order valence-corrected chi connectivity index (χ3v) is 6.63. The van der Waals surface area contributed by atoms with Crippen molar-refractivity contribution in [3.05, 3.63) is 35.9 Å². The standard InChI is InChI=1S/C21H22N2O4/c24-19-17-12-4-5-13(10-12)18(17)20(25)23(19)16-11-14(21(26)27)6-7-15(16)22-8-2-1-3-9-22/h4-7,11-13,17-18H,1-3,8-10H2,(H,26,27)/t12-,13-,17+,18+/m0/s1. The number of carboxylic acids is 1. The first-order valence-corrected chi connectivity index (χ1v) is 9.74. The van der Waals surface area contributed by atoms with Crippen molar-refractivity contribution in [3.8, 4) is 0 Å². The Morgan fingerprint density at radius 3 is 2.15 bits per heavy atom. The molecule has 2 saturated heterocycles. The quantitative estimate of drug-likeness (QED) is 0.657. The van der Waals surface area contributed by atoms with E-state index < -0.39 is 5.97 Å². The summed E-state index contributed by atoms with van der Waals surface area (Å²) in [5.41, 5.74) is 1.34. The Bertz CT molecular complexity index is 841. The summed E-state index contributed by atoms with van der Waals surface area (Å²) in [7, 11) is 0. The average Bonchev–Trinajstić information content (AvgIpc) is 3.36. The minimum atomic E-state index is -1.05. The van der Waals surface area contributed by atoms with Crippen LogP contribution in [0.1, 0.15) is 36.0 Å². The van der Waals surface area contributed by atoms with Gasteiger partial charge in [-0.25, -0.2) is 9.69 Å². The number of hydrogen-bond donors (Lipinski definition) is 1.